The van der Waals surface area contributed by atoms with E-state index in [1.807, 2.05) is 0 Å². The summed E-state index contributed by atoms with van der Waals surface area (Å²) in [5.74, 6) is -0.329. The van der Waals surface area contributed by atoms with Gasteiger partial charge in [0, 0.05) is 20.9 Å². The molecule has 0 fully saturated rings. The summed E-state index contributed by atoms with van der Waals surface area (Å²) < 4.78 is 0. The molecule has 5 N–H and O–H groups in total. The molecule has 0 spiro atoms. The minimum absolute atomic E-state index is 0. The van der Waals surface area contributed by atoms with Crippen molar-refractivity contribution in [3.63, 3.8) is 0 Å². The van der Waals surface area contributed by atoms with Gasteiger partial charge in [-0.15, -0.1) is 0 Å². The van der Waals surface area contributed by atoms with Crippen molar-refractivity contribution in [2.24, 2.45) is 11.5 Å². The molecule has 0 aliphatic rings. The van der Waals surface area contributed by atoms with Gasteiger partial charge in [0.05, 0.1) is 0 Å². The Morgan fingerprint density at radius 3 is 1.25 bits per heavy atom. The summed E-state index contributed by atoms with van der Waals surface area (Å²) in [6, 6.07) is 0. The number of nitrogens with two attached hydrogens (primary N) is 2. The molecular weight excluding hydrogens is 158 g/mol. The molecule has 0 aromatic heterocycles. The van der Waals surface area contributed by atoms with Crippen LogP contribution in [0.4, 0.5) is 0 Å². The number of carbonyl (C=O) groups excluding carboxylic acids is 2. The van der Waals surface area contributed by atoms with Crippen LogP contribution in [0.5, 0.6) is 0 Å². The topological polar surface area (TPSA) is 98.2 Å². The monoisotopic (exact) mass is 179 g/mol. The summed E-state index contributed by atoms with van der Waals surface area (Å²) >= 11 is 0. The van der Waals surface area contributed by atoms with Gasteiger partial charge in [-0.25, -0.2) is 0 Å². The van der Waals surface area contributed by atoms with Crippen molar-refractivity contribution in [3.05, 3.63) is 0 Å². The summed E-state index contributed by atoms with van der Waals surface area (Å²) in [5.41, 5.74) is 8.97. The lowest BCUT2D eigenvalue weighted by Crippen LogP contribution is -2.11. The quantitative estimate of drug-likeness (QED) is 0.465. The van der Waals surface area contributed by atoms with Gasteiger partial charge in [-0.1, -0.05) is 7.43 Å². The Balaban J connectivity index is -0.0000000419. The van der Waals surface area contributed by atoms with Crippen molar-refractivity contribution in [1.29, 1.82) is 0 Å². The van der Waals surface area contributed by atoms with Crippen LogP contribution in [-0.2, 0) is 9.59 Å². The molecule has 0 bridgehead atoms. The standard InChI is InChI=1S/C3H7NO.C2H5NO.CH5N.CH4/c1-3(5)4-2;1-2(3)4;1-2;/h1-2H3,(H,4,5);1H3,(H2,3,4);2H2,1H3;1H4. The first-order valence-corrected chi connectivity index (χ1v) is 3.02. The zero-order valence-corrected chi connectivity index (χ0v) is 7.47. The maximum atomic E-state index is 9.70. The minimum Gasteiger partial charge on any atom is -0.370 e. The van der Waals surface area contributed by atoms with Crippen LogP contribution in [0.2, 0.25) is 0 Å². The number of nitrogens with one attached hydrogen (secondary N) is 1. The van der Waals surface area contributed by atoms with E-state index in [1.54, 1.807) is 7.05 Å². The molecule has 5 heteroatoms. The second kappa shape index (κ2) is 22.5. The van der Waals surface area contributed by atoms with E-state index in [4.69, 9.17) is 0 Å². The molecule has 5 nitrogen and oxygen atoms in total. The molecule has 0 aromatic rings. The Labute approximate surface area is 74.5 Å². The Morgan fingerprint density at radius 2 is 1.25 bits per heavy atom. The van der Waals surface area contributed by atoms with Crippen molar-refractivity contribution in [2.75, 3.05) is 14.1 Å². The number of primary amides is 1. The van der Waals surface area contributed by atoms with E-state index in [1.165, 1.54) is 20.9 Å². The highest BCUT2D eigenvalue weighted by molar-refractivity contribution is 5.72. The van der Waals surface area contributed by atoms with Crippen LogP contribution in [0.25, 0.3) is 0 Å². The van der Waals surface area contributed by atoms with E-state index < -0.39 is 0 Å². The van der Waals surface area contributed by atoms with E-state index in [-0.39, 0.29) is 19.2 Å². The highest BCUT2D eigenvalue weighted by Crippen LogP contribution is 1.45. The van der Waals surface area contributed by atoms with Gasteiger partial charge in [-0.2, -0.15) is 0 Å². The Morgan fingerprint density at radius 1 is 1.17 bits per heavy atom. The van der Waals surface area contributed by atoms with Gasteiger partial charge >= 0.3 is 0 Å². The summed E-state index contributed by atoms with van der Waals surface area (Å²) in [6.07, 6.45) is 0. The first-order valence-electron chi connectivity index (χ1n) is 3.02. The molecule has 0 atom stereocenters. The average Bonchev–Trinajstić information content (AvgIpc) is 1.91. The Kier molecular flexibility index (Phi) is 42.1. The lowest BCUT2D eigenvalue weighted by atomic mass is 10.7. The highest BCUT2D eigenvalue weighted by atomic mass is 16.1. The van der Waals surface area contributed by atoms with E-state index in [2.05, 4.69) is 16.8 Å². The fourth-order valence-electron chi connectivity index (χ4n) is 0. The predicted octanol–water partition coefficient (Wildman–Crippen LogP) is -0.545. The van der Waals surface area contributed by atoms with Crippen molar-refractivity contribution in [1.82, 2.24) is 5.32 Å². The van der Waals surface area contributed by atoms with Gasteiger partial charge in [0.15, 0.2) is 0 Å². The molecule has 76 valence electrons. The first kappa shape index (κ1) is 22.4. The van der Waals surface area contributed by atoms with Crippen LogP contribution >= 0.6 is 0 Å². The Hall–Kier alpha value is -1.10. The number of hydrogen-bond acceptors (Lipinski definition) is 3. The molecule has 2 amide bonds. The van der Waals surface area contributed by atoms with Crippen LogP contribution in [0.15, 0.2) is 0 Å². The van der Waals surface area contributed by atoms with Gasteiger partial charge in [0.1, 0.15) is 0 Å². The molecule has 0 radical (unpaired) electrons. The van der Waals surface area contributed by atoms with Gasteiger partial charge in [-0.3, -0.25) is 9.59 Å². The summed E-state index contributed by atoms with van der Waals surface area (Å²) in [4.78, 5) is 18.9. The van der Waals surface area contributed by atoms with Crippen molar-refractivity contribution in [3.8, 4) is 0 Å². The van der Waals surface area contributed by atoms with Crippen LogP contribution in [0.3, 0.4) is 0 Å². The second-order valence-corrected chi connectivity index (χ2v) is 1.42. The molecule has 0 aromatic carbocycles. The van der Waals surface area contributed by atoms with Crippen LogP contribution < -0.4 is 16.8 Å². The summed E-state index contributed by atoms with van der Waals surface area (Å²) in [6.45, 7) is 2.78. The third-order valence-corrected chi connectivity index (χ3v) is 0.352. The molecule has 0 unspecified atom stereocenters. The highest BCUT2D eigenvalue weighted by Gasteiger charge is 1.72. The molecule has 12 heavy (non-hydrogen) atoms. The molecule has 0 rings (SSSR count). The number of rotatable bonds is 0. The van der Waals surface area contributed by atoms with Crippen molar-refractivity contribution < 1.29 is 9.59 Å². The zero-order valence-electron chi connectivity index (χ0n) is 7.47. The number of amides is 2. The second-order valence-electron chi connectivity index (χ2n) is 1.42. The molecular formula is C7H21N3O2. The average molecular weight is 179 g/mol. The first-order chi connectivity index (χ1) is 5.00. The molecule has 0 saturated carbocycles. The largest absolute Gasteiger partial charge is 0.370 e. The SMILES string of the molecule is C.CC(N)=O.CN.CNC(C)=O. The lowest BCUT2D eigenvalue weighted by Gasteiger charge is -1.80. The van der Waals surface area contributed by atoms with Crippen LogP contribution in [0, 0.1) is 0 Å². The fourth-order valence-corrected chi connectivity index (χ4v) is 0. The van der Waals surface area contributed by atoms with Crippen molar-refractivity contribution in [2.45, 2.75) is 21.3 Å². The Bertz CT molecular complexity index is 101. The normalized spacial score (nSPS) is 5.42. The van der Waals surface area contributed by atoms with Crippen molar-refractivity contribution >= 4 is 11.8 Å². The predicted molar refractivity (Wildman–Crippen MR) is 51.5 cm³/mol. The van der Waals surface area contributed by atoms with E-state index >= 15 is 0 Å². The third kappa shape index (κ3) is 686. The fraction of sp³-hybridized carbons (Fsp3) is 0.714. The van der Waals surface area contributed by atoms with Gasteiger partial charge in [0.25, 0.3) is 0 Å². The molecule has 0 aliphatic heterocycles. The van der Waals surface area contributed by atoms with E-state index in [9.17, 15) is 9.59 Å². The lowest BCUT2D eigenvalue weighted by molar-refractivity contribution is -0.118. The van der Waals surface area contributed by atoms with Crippen LogP contribution in [0.1, 0.15) is 21.3 Å². The zero-order chi connectivity index (χ0) is 9.86. The molecule has 0 aliphatic carbocycles. The maximum Gasteiger partial charge on any atom is 0.216 e. The minimum atomic E-state index is -0.333. The molecule has 0 saturated heterocycles. The van der Waals surface area contributed by atoms with E-state index in [0.717, 1.165) is 0 Å². The van der Waals surface area contributed by atoms with Crippen LogP contribution in [-0.4, -0.2) is 25.9 Å². The smallest absolute Gasteiger partial charge is 0.216 e. The third-order valence-electron chi connectivity index (χ3n) is 0.352. The van der Waals surface area contributed by atoms with E-state index in [0.29, 0.717) is 0 Å². The number of carbonyl (C=O) groups is 2. The van der Waals surface area contributed by atoms with Gasteiger partial charge in [-0.05, 0) is 7.05 Å². The summed E-state index contributed by atoms with van der Waals surface area (Å²) in [7, 11) is 3.10. The van der Waals surface area contributed by atoms with Gasteiger partial charge < -0.3 is 16.8 Å². The maximum absolute atomic E-state index is 9.70. The number of hydrogen-bond donors (Lipinski definition) is 3. The summed E-state index contributed by atoms with van der Waals surface area (Å²) in [5, 5.41) is 2.39. The molecule has 0 heterocycles. The van der Waals surface area contributed by atoms with Gasteiger partial charge in [0.2, 0.25) is 11.8 Å².